The van der Waals surface area contributed by atoms with Gasteiger partial charge in [0.25, 0.3) is 5.91 Å². The van der Waals surface area contributed by atoms with Crippen molar-refractivity contribution in [3.05, 3.63) is 34.9 Å². The lowest BCUT2D eigenvalue weighted by Crippen LogP contribution is -2.51. The molecule has 1 heterocycles. The number of carbonyl (C=O) groups is 3. The highest BCUT2D eigenvalue weighted by atomic mass is 35.5. The van der Waals surface area contributed by atoms with Crippen molar-refractivity contribution in [1.82, 2.24) is 15.5 Å². The Morgan fingerprint density at radius 3 is 2.48 bits per heavy atom. The van der Waals surface area contributed by atoms with Crippen molar-refractivity contribution in [2.45, 2.75) is 38.8 Å². The maximum Gasteiger partial charge on any atom is 0.325 e. The molecule has 1 saturated heterocycles. The average Bonchev–Trinajstić information content (AvgIpc) is 2.96. The SMILES string of the molecule is CC(C)NC(=O)[C@@H]1CCCN1C(=O)NC(=O)c1ccc(Cl)cc1. The summed E-state index contributed by atoms with van der Waals surface area (Å²) in [5, 5.41) is 5.63. The zero-order valence-electron chi connectivity index (χ0n) is 13.1. The van der Waals surface area contributed by atoms with Crippen LogP contribution in [0.2, 0.25) is 5.02 Å². The van der Waals surface area contributed by atoms with Crippen LogP contribution in [0.1, 0.15) is 37.0 Å². The highest BCUT2D eigenvalue weighted by Crippen LogP contribution is 2.18. The van der Waals surface area contributed by atoms with Gasteiger partial charge >= 0.3 is 6.03 Å². The highest BCUT2D eigenvalue weighted by molar-refractivity contribution is 6.30. The van der Waals surface area contributed by atoms with E-state index >= 15 is 0 Å². The number of hydrogen-bond acceptors (Lipinski definition) is 3. The van der Waals surface area contributed by atoms with Crippen LogP contribution in [-0.4, -0.2) is 41.4 Å². The number of urea groups is 1. The molecule has 7 heteroatoms. The van der Waals surface area contributed by atoms with Gasteiger partial charge < -0.3 is 10.2 Å². The van der Waals surface area contributed by atoms with Gasteiger partial charge in [-0.25, -0.2) is 4.79 Å². The van der Waals surface area contributed by atoms with Gasteiger partial charge in [-0.05, 0) is 51.0 Å². The zero-order chi connectivity index (χ0) is 17.0. The Morgan fingerprint density at radius 2 is 1.87 bits per heavy atom. The fourth-order valence-corrected chi connectivity index (χ4v) is 2.63. The molecule has 0 radical (unpaired) electrons. The van der Waals surface area contributed by atoms with Gasteiger partial charge in [-0.1, -0.05) is 11.6 Å². The third-order valence-corrected chi connectivity index (χ3v) is 3.83. The van der Waals surface area contributed by atoms with Crippen molar-refractivity contribution in [2.75, 3.05) is 6.54 Å². The van der Waals surface area contributed by atoms with Gasteiger partial charge in [-0.3, -0.25) is 14.9 Å². The molecule has 1 fully saturated rings. The number of nitrogens with zero attached hydrogens (tertiary/aromatic N) is 1. The molecule has 0 aromatic heterocycles. The largest absolute Gasteiger partial charge is 0.352 e. The van der Waals surface area contributed by atoms with Crippen LogP contribution >= 0.6 is 11.6 Å². The Labute approximate surface area is 140 Å². The second-order valence-electron chi connectivity index (χ2n) is 5.78. The summed E-state index contributed by atoms with van der Waals surface area (Å²) in [5.74, 6) is -0.701. The molecular weight excluding hydrogens is 318 g/mol. The minimum Gasteiger partial charge on any atom is -0.352 e. The van der Waals surface area contributed by atoms with E-state index in [-0.39, 0.29) is 11.9 Å². The second-order valence-corrected chi connectivity index (χ2v) is 6.22. The number of halogens is 1. The molecule has 2 rings (SSSR count). The fraction of sp³-hybridized carbons (Fsp3) is 0.438. The minimum absolute atomic E-state index is 0.00344. The van der Waals surface area contributed by atoms with Crippen LogP contribution in [0.5, 0.6) is 0 Å². The Balaban J connectivity index is 2.00. The number of nitrogens with one attached hydrogen (secondary N) is 2. The molecule has 0 aliphatic carbocycles. The first-order valence-electron chi connectivity index (χ1n) is 7.56. The van der Waals surface area contributed by atoms with Crippen LogP contribution in [0.3, 0.4) is 0 Å². The second kappa shape index (κ2) is 7.46. The molecular formula is C16H20ClN3O3. The van der Waals surface area contributed by atoms with Crippen LogP contribution in [0.25, 0.3) is 0 Å². The van der Waals surface area contributed by atoms with E-state index in [0.29, 0.717) is 23.6 Å². The average molecular weight is 338 g/mol. The van der Waals surface area contributed by atoms with Gasteiger partial charge in [0.1, 0.15) is 6.04 Å². The predicted molar refractivity (Wildman–Crippen MR) is 87.3 cm³/mol. The Morgan fingerprint density at radius 1 is 1.22 bits per heavy atom. The van der Waals surface area contributed by atoms with E-state index in [1.54, 1.807) is 12.1 Å². The lowest BCUT2D eigenvalue weighted by Gasteiger charge is -2.24. The molecule has 23 heavy (non-hydrogen) atoms. The minimum atomic E-state index is -0.550. The van der Waals surface area contributed by atoms with E-state index in [1.807, 2.05) is 13.8 Å². The molecule has 1 atom stereocenters. The smallest absolute Gasteiger partial charge is 0.325 e. The summed E-state index contributed by atoms with van der Waals surface area (Å²) in [5.41, 5.74) is 0.338. The molecule has 2 N–H and O–H groups in total. The van der Waals surface area contributed by atoms with E-state index in [2.05, 4.69) is 10.6 Å². The van der Waals surface area contributed by atoms with Crippen molar-refractivity contribution >= 4 is 29.4 Å². The maximum atomic E-state index is 12.3. The van der Waals surface area contributed by atoms with Gasteiger partial charge in [-0.15, -0.1) is 0 Å². The van der Waals surface area contributed by atoms with Crippen LogP contribution in [-0.2, 0) is 4.79 Å². The number of hydrogen-bond donors (Lipinski definition) is 2. The zero-order valence-corrected chi connectivity index (χ0v) is 13.9. The van der Waals surface area contributed by atoms with E-state index in [9.17, 15) is 14.4 Å². The summed E-state index contributed by atoms with van der Waals surface area (Å²) in [7, 11) is 0. The topological polar surface area (TPSA) is 78.5 Å². The maximum absolute atomic E-state index is 12.3. The molecule has 4 amide bonds. The molecule has 124 valence electrons. The van der Waals surface area contributed by atoms with Crippen molar-refractivity contribution in [1.29, 1.82) is 0 Å². The van der Waals surface area contributed by atoms with Crippen molar-refractivity contribution in [3.63, 3.8) is 0 Å². The summed E-state index contributed by atoms with van der Waals surface area (Å²) >= 11 is 5.77. The highest BCUT2D eigenvalue weighted by Gasteiger charge is 2.34. The lowest BCUT2D eigenvalue weighted by atomic mass is 10.2. The van der Waals surface area contributed by atoms with Gasteiger partial charge in [0.05, 0.1) is 0 Å². The van der Waals surface area contributed by atoms with Gasteiger partial charge in [0, 0.05) is 23.2 Å². The molecule has 6 nitrogen and oxygen atoms in total. The van der Waals surface area contributed by atoms with Crippen molar-refractivity contribution in [2.24, 2.45) is 0 Å². The Hall–Kier alpha value is -2.08. The van der Waals surface area contributed by atoms with Crippen LogP contribution in [0.15, 0.2) is 24.3 Å². The molecule has 0 spiro atoms. The molecule has 0 bridgehead atoms. The third-order valence-electron chi connectivity index (χ3n) is 3.57. The number of carbonyl (C=O) groups excluding carboxylic acids is 3. The number of amides is 4. The summed E-state index contributed by atoms with van der Waals surface area (Å²) in [6.07, 6.45) is 1.33. The molecule has 0 saturated carbocycles. The Bertz CT molecular complexity index is 601. The standard InChI is InChI=1S/C16H20ClN3O3/c1-10(2)18-15(22)13-4-3-9-20(13)16(23)19-14(21)11-5-7-12(17)8-6-11/h5-8,10,13H,3-4,9H2,1-2H3,(H,18,22)(H,19,21,23)/t13-/m0/s1. The van der Waals surface area contributed by atoms with Crippen LogP contribution in [0.4, 0.5) is 4.79 Å². The molecule has 1 aliphatic rings. The number of rotatable bonds is 3. The van der Waals surface area contributed by atoms with Crippen LogP contribution in [0, 0.1) is 0 Å². The molecule has 0 unspecified atom stereocenters. The van der Waals surface area contributed by atoms with E-state index < -0.39 is 18.0 Å². The summed E-state index contributed by atoms with van der Waals surface area (Å²) in [4.78, 5) is 37.9. The summed E-state index contributed by atoms with van der Waals surface area (Å²) in [6, 6.07) is 5.16. The Kier molecular flexibility index (Phi) is 5.60. The summed E-state index contributed by atoms with van der Waals surface area (Å²) < 4.78 is 0. The normalized spacial score (nSPS) is 17.2. The predicted octanol–water partition coefficient (Wildman–Crippen LogP) is 2.18. The summed E-state index contributed by atoms with van der Waals surface area (Å²) in [6.45, 7) is 4.18. The molecule has 1 aromatic rings. The van der Waals surface area contributed by atoms with Gasteiger partial charge in [-0.2, -0.15) is 0 Å². The molecule has 1 aliphatic heterocycles. The first-order valence-corrected chi connectivity index (χ1v) is 7.94. The van der Waals surface area contributed by atoms with Crippen LogP contribution < -0.4 is 10.6 Å². The van der Waals surface area contributed by atoms with Crippen molar-refractivity contribution < 1.29 is 14.4 Å². The number of likely N-dealkylation sites (tertiary alicyclic amines) is 1. The monoisotopic (exact) mass is 337 g/mol. The third kappa shape index (κ3) is 4.45. The first-order chi connectivity index (χ1) is 10.9. The van der Waals surface area contributed by atoms with E-state index in [1.165, 1.54) is 17.0 Å². The quantitative estimate of drug-likeness (QED) is 0.887. The fourth-order valence-electron chi connectivity index (χ4n) is 2.51. The van der Waals surface area contributed by atoms with E-state index in [4.69, 9.17) is 11.6 Å². The number of benzene rings is 1. The van der Waals surface area contributed by atoms with Gasteiger partial charge in [0.15, 0.2) is 0 Å². The van der Waals surface area contributed by atoms with E-state index in [0.717, 1.165) is 6.42 Å². The number of imide groups is 1. The van der Waals surface area contributed by atoms with Crippen molar-refractivity contribution in [3.8, 4) is 0 Å². The molecule has 1 aromatic carbocycles. The lowest BCUT2D eigenvalue weighted by molar-refractivity contribution is -0.125. The van der Waals surface area contributed by atoms with Gasteiger partial charge in [0.2, 0.25) is 5.91 Å². The first kappa shape index (κ1) is 17.3.